The fourth-order valence-electron chi connectivity index (χ4n) is 2.09. The van der Waals surface area contributed by atoms with Crippen molar-refractivity contribution in [3.8, 4) is 0 Å². The Hall–Kier alpha value is -0.120. The van der Waals surface area contributed by atoms with Crippen LogP contribution >= 0.6 is 0 Å². The van der Waals surface area contributed by atoms with Crippen LogP contribution < -0.4 is 5.32 Å². The van der Waals surface area contributed by atoms with Crippen LogP contribution in [0.25, 0.3) is 0 Å². The van der Waals surface area contributed by atoms with Gasteiger partial charge in [0, 0.05) is 6.04 Å². The molecule has 0 aromatic heterocycles. The third kappa shape index (κ3) is 15.9. The van der Waals surface area contributed by atoms with Crippen molar-refractivity contribution in [2.24, 2.45) is 0 Å². The van der Waals surface area contributed by atoms with E-state index in [1.54, 1.807) is 0 Å². The maximum absolute atomic E-state index is 3.38. The van der Waals surface area contributed by atoms with Crippen molar-refractivity contribution in [3.05, 3.63) is 0 Å². The van der Waals surface area contributed by atoms with Crippen LogP contribution in [0.5, 0.6) is 0 Å². The fraction of sp³-hybridized carbons (Fsp3) is 1.00. The van der Waals surface area contributed by atoms with E-state index >= 15 is 0 Å². The van der Waals surface area contributed by atoms with Gasteiger partial charge in [-0.1, -0.05) is 58.8 Å². The zero-order chi connectivity index (χ0) is 11.4. The Kier molecular flexibility index (Phi) is 23.7. The first-order valence-electron chi connectivity index (χ1n) is 7.13. The Morgan fingerprint density at radius 2 is 1.12 bits per heavy atom. The van der Waals surface area contributed by atoms with E-state index in [0.29, 0.717) is 0 Å². The maximum atomic E-state index is 3.38. The lowest BCUT2D eigenvalue weighted by atomic mass is 10.0. The molecule has 3 nitrogen and oxygen atoms in total. The number of hydrogen-bond donors (Lipinski definition) is 1. The SMILES string of the molecule is C1CCCCC1.CC.CC1CCCCN1.O.O. The molecule has 0 aromatic carbocycles. The molecule has 2 rings (SSSR count). The van der Waals surface area contributed by atoms with Crippen LogP contribution in [0.2, 0.25) is 0 Å². The average molecular weight is 249 g/mol. The maximum Gasteiger partial charge on any atom is 0.00387 e. The molecule has 5 N–H and O–H groups in total. The number of piperidine rings is 1. The Labute approximate surface area is 108 Å². The highest BCUT2D eigenvalue weighted by Crippen LogP contribution is 2.15. The largest absolute Gasteiger partial charge is 0.412 e. The van der Waals surface area contributed by atoms with Crippen molar-refractivity contribution in [1.29, 1.82) is 0 Å². The van der Waals surface area contributed by atoms with Crippen molar-refractivity contribution in [2.75, 3.05) is 6.54 Å². The van der Waals surface area contributed by atoms with Gasteiger partial charge in [0.25, 0.3) is 0 Å². The molecular formula is C14H35NO2. The second-order valence-corrected chi connectivity index (χ2v) is 4.47. The molecule has 0 spiro atoms. The molecule has 0 bridgehead atoms. The molecular weight excluding hydrogens is 214 g/mol. The van der Waals surface area contributed by atoms with Crippen LogP contribution in [-0.2, 0) is 0 Å². The van der Waals surface area contributed by atoms with Crippen molar-refractivity contribution in [2.45, 2.75) is 84.6 Å². The molecule has 0 aromatic rings. The third-order valence-electron chi connectivity index (χ3n) is 3.06. The van der Waals surface area contributed by atoms with E-state index in [2.05, 4.69) is 12.2 Å². The van der Waals surface area contributed by atoms with E-state index < -0.39 is 0 Å². The summed E-state index contributed by atoms with van der Waals surface area (Å²) in [6.07, 6.45) is 13.2. The minimum atomic E-state index is 0. The van der Waals surface area contributed by atoms with Gasteiger partial charge in [-0.2, -0.15) is 0 Å². The van der Waals surface area contributed by atoms with Crippen molar-refractivity contribution < 1.29 is 11.0 Å². The minimum Gasteiger partial charge on any atom is -0.412 e. The van der Waals surface area contributed by atoms with E-state index in [9.17, 15) is 0 Å². The van der Waals surface area contributed by atoms with E-state index in [1.807, 2.05) is 13.8 Å². The second-order valence-electron chi connectivity index (χ2n) is 4.47. The molecule has 1 saturated carbocycles. The predicted octanol–water partition coefficient (Wildman–Crippen LogP) is 2.87. The first-order valence-corrected chi connectivity index (χ1v) is 7.13. The zero-order valence-corrected chi connectivity index (χ0v) is 12.1. The lowest BCUT2D eigenvalue weighted by molar-refractivity contribution is 0.425. The van der Waals surface area contributed by atoms with Crippen LogP contribution in [0, 0.1) is 0 Å². The number of rotatable bonds is 0. The van der Waals surface area contributed by atoms with Gasteiger partial charge in [-0.3, -0.25) is 0 Å². The molecule has 17 heavy (non-hydrogen) atoms. The molecule has 2 fully saturated rings. The highest BCUT2D eigenvalue weighted by atomic mass is 16.0. The van der Waals surface area contributed by atoms with Gasteiger partial charge < -0.3 is 16.3 Å². The second kappa shape index (κ2) is 18.3. The van der Waals surface area contributed by atoms with Crippen LogP contribution in [-0.4, -0.2) is 23.5 Å². The van der Waals surface area contributed by atoms with E-state index in [-0.39, 0.29) is 11.0 Å². The quantitative estimate of drug-likeness (QED) is 0.704. The number of hydrogen-bond acceptors (Lipinski definition) is 1. The van der Waals surface area contributed by atoms with Crippen LogP contribution in [0.15, 0.2) is 0 Å². The smallest absolute Gasteiger partial charge is 0.00387 e. The standard InChI is InChI=1S/C6H13N.C6H12.C2H6.2H2O/c1-6-4-2-3-5-7-6;1-2-4-6-5-3-1;1-2;;/h6-7H,2-5H2,1H3;1-6H2;1-2H3;2*1H2. The van der Waals surface area contributed by atoms with E-state index in [0.717, 1.165) is 6.04 Å². The van der Waals surface area contributed by atoms with Crippen LogP contribution in [0.3, 0.4) is 0 Å². The molecule has 1 atom stereocenters. The van der Waals surface area contributed by atoms with Gasteiger partial charge >= 0.3 is 0 Å². The summed E-state index contributed by atoms with van der Waals surface area (Å²) < 4.78 is 0. The highest BCUT2D eigenvalue weighted by Gasteiger charge is 2.04. The molecule has 108 valence electrons. The molecule has 0 radical (unpaired) electrons. The van der Waals surface area contributed by atoms with Gasteiger partial charge in [0.05, 0.1) is 0 Å². The third-order valence-corrected chi connectivity index (χ3v) is 3.06. The molecule has 1 saturated heterocycles. The molecule has 1 unspecified atom stereocenters. The fourth-order valence-corrected chi connectivity index (χ4v) is 2.09. The van der Waals surface area contributed by atoms with E-state index in [1.165, 1.54) is 64.3 Å². The Balaban J connectivity index is -0.000000184. The molecule has 0 amide bonds. The van der Waals surface area contributed by atoms with Crippen LogP contribution in [0.1, 0.15) is 78.6 Å². The van der Waals surface area contributed by atoms with Crippen LogP contribution in [0.4, 0.5) is 0 Å². The van der Waals surface area contributed by atoms with E-state index in [4.69, 9.17) is 0 Å². The molecule has 2 aliphatic rings. The van der Waals surface area contributed by atoms with Gasteiger partial charge in [0.1, 0.15) is 0 Å². The number of nitrogens with one attached hydrogen (secondary N) is 1. The molecule has 1 aliphatic heterocycles. The molecule has 1 aliphatic carbocycles. The van der Waals surface area contributed by atoms with Gasteiger partial charge in [0.15, 0.2) is 0 Å². The molecule has 1 heterocycles. The van der Waals surface area contributed by atoms with Gasteiger partial charge in [-0.15, -0.1) is 0 Å². The summed E-state index contributed by atoms with van der Waals surface area (Å²) in [7, 11) is 0. The van der Waals surface area contributed by atoms with Gasteiger partial charge in [0.2, 0.25) is 0 Å². The van der Waals surface area contributed by atoms with Gasteiger partial charge in [-0.05, 0) is 26.3 Å². The predicted molar refractivity (Wildman–Crippen MR) is 77.6 cm³/mol. The summed E-state index contributed by atoms with van der Waals surface area (Å²) >= 11 is 0. The first-order chi connectivity index (χ1) is 7.39. The lowest BCUT2D eigenvalue weighted by Crippen LogP contribution is -2.30. The highest BCUT2D eigenvalue weighted by molar-refractivity contribution is 4.65. The summed E-state index contributed by atoms with van der Waals surface area (Å²) in [5.74, 6) is 0. The van der Waals surface area contributed by atoms with Crippen molar-refractivity contribution >= 4 is 0 Å². The van der Waals surface area contributed by atoms with Crippen molar-refractivity contribution in [1.82, 2.24) is 5.32 Å². The normalized spacial score (nSPS) is 22.4. The van der Waals surface area contributed by atoms with Gasteiger partial charge in [-0.25, -0.2) is 0 Å². The average Bonchev–Trinajstić information content (AvgIpc) is 2.36. The summed E-state index contributed by atoms with van der Waals surface area (Å²) in [6.45, 7) is 7.49. The summed E-state index contributed by atoms with van der Waals surface area (Å²) in [4.78, 5) is 0. The Morgan fingerprint density at radius 3 is 1.29 bits per heavy atom. The Bertz CT molecular complexity index is 99.3. The summed E-state index contributed by atoms with van der Waals surface area (Å²) in [5, 5.41) is 3.38. The molecule has 3 heteroatoms. The van der Waals surface area contributed by atoms with Crippen molar-refractivity contribution in [3.63, 3.8) is 0 Å². The summed E-state index contributed by atoms with van der Waals surface area (Å²) in [5.41, 5.74) is 0. The Morgan fingerprint density at radius 1 is 0.706 bits per heavy atom. The zero-order valence-electron chi connectivity index (χ0n) is 12.1. The first kappa shape index (κ1) is 22.1. The summed E-state index contributed by atoms with van der Waals surface area (Å²) in [6, 6.07) is 0.786. The monoisotopic (exact) mass is 249 g/mol. The topological polar surface area (TPSA) is 75.0 Å². The minimum absolute atomic E-state index is 0. The lowest BCUT2D eigenvalue weighted by Gasteiger charge is -2.18.